The van der Waals surface area contributed by atoms with E-state index in [1.54, 1.807) is 0 Å². The first kappa shape index (κ1) is 21.5. The van der Waals surface area contributed by atoms with E-state index >= 15 is 0 Å². The van der Waals surface area contributed by atoms with Crippen LogP contribution in [0, 0.1) is 0 Å². The highest BCUT2D eigenvalue weighted by atomic mass is 32.2. The van der Waals surface area contributed by atoms with E-state index < -0.39 is 23.9 Å². The molecule has 0 aliphatic carbocycles. The van der Waals surface area contributed by atoms with Gasteiger partial charge in [-0.3, -0.25) is 4.79 Å². The topological polar surface area (TPSA) is 66.9 Å². The largest absolute Gasteiger partial charge is 0.405 e. The van der Waals surface area contributed by atoms with E-state index in [0.29, 0.717) is 9.47 Å². The Morgan fingerprint density at radius 2 is 1.85 bits per heavy atom. The van der Waals surface area contributed by atoms with Crippen molar-refractivity contribution < 1.29 is 18.0 Å². The number of hydrogen-bond donors (Lipinski definition) is 2. The number of anilines is 2. The van der Waals surface area contributed by atoms with Crippen molar-refractivity contribution in [3.63, 3.8) is 0 Å². The number of rotatable bonds is 8. The summed E-state index contributed by atoms with van der Waals surface area (Å²) in [5, 5.41) is 13.1. The molecule has 5 nitrogen and oxygen atoms in total. The fourth-order valence-electron chi connectivity index (χ4n) is 2.35. The van der Waals surface area contributed by atoms with E-state index in [0.717, 1.165) is 30.3 Å². The number of nitrogens with one attached hydrogen (secondary N) is 2. The van der Waals surface area contributed by atoms with Gasteiger partial charge in [0.05, 0.1) is 5.25 Å². The number of amides is 1. The summed E-state index contributed by atoms with van der Waals surface area (Å²) in [7, 11) is 0. The Morgan fingerprint density at radius 3 is 2.41 bits per heavy atom. The van der Waals surface area contributed by atoms with Gasteiger partial charge in [0.1, 0.15) is 6.54 Å². The Labute approximate surface area is 164 Å². The van der Waals surface area contributed by atoms with Crippen LogP contribution in [0.4, 0.5) is 24.0 Å². The molecule has 2 N–H and O–H groups in total. The van der Waals surface area contributed by atoms with E-state index in [1.807, 2.05) is 23.5 Å². The zero-order valence-electron chi connectivity index (χ0n) is 15.2. The molecular formula is C17H21F3N4OS2. The highest BCUT2D eigenvalue weighted by molar-refractivity contribution is 8.02. The van der Waals surface area contributed by atoms with E-state index in [2.05, 4.69) is 29.4 Å². The average Bonchev–Trinajstić information content (AvgIpc) is 3.06. The minimum absolute atomic E-state index is 0.513. The van der Waals surface area contributed by atoms with Gasteiger partial charge < -0.3 is 10.6 Å². The fraction of sp³-hybridized carbons (Fsp3) is 0.471. The van der Waals surface area contributed by atoms with Gasteiger partial charge in [-0.25, -0.2) is 0 Å². The number of aryl methyl sites for hydroxylation is 2. The van der Waals surface area contributed by atoms with Crippen molar-refractivity contribution in [2.24, 2.45) is 0 Å². The Hall–Kier alpha value is -1.81. The second-order valence-corrected chi connectivity index (χ2v) is 8.31. The molecule has 1 atom stereocenters. The molecule has 0 bridgehead atoms. The van der Waals surface area contributed by atoms with Gasteiger partial charge in [0.15, 0.2) is 4.34 Å². The standard InChI is InChI=1S/C17H21F3N4OS2/c1-4-11-7-6-8-12(5-2)13(11)22-15-23-24-16(27-15)26-10(3)14(25)21-9-17(18,19)20/h6-8,10H,4-5,9H2,1-3H3,(H,21,25)(H,22,23)/t10-/m0/s1. The summed E-state index contributed by atoms with van der Waals surface area (Å²) < 4.78 is 37.1. The normalized spacial score (nSPS) is 12.7. The number of thioether (sulfide) groups is 1. The van der Waals surface area contributed by atoms with Crippen molar-refractivity contribution in [3.8, 4) is 0 Å². The zero-order valence-corrected chi connectivity index (χ0v) is 16.8. The first-order valence-electron chi connectivity index (χ1n) is 8.45. The Kier molecular flexibility index (Phi) is 7.49. The molecule has 2 aromatic rings. The Morgan fingerprint density at radius 1 is 1.22 bits per heavy atom. The molecule has 1 heterocycles. The number of carbonyl (C=O) groups excluding carboxylic acids is 1. The van der Waals surface area contributed by atoms with Crippen LogP contribution in [0.1, 0.15) is 31.9 Å². The summed E-state index contributed by atoms with van der Waals surface area (Å²) in [6.45, 7) is 4.34. The average molecular weight is 419 g/mol. The molecular weight excluding hydrogens is 397 g/mol. The van der Waals surface area contributed by atoms with Crippen molar-refractivity contribution >= 4 is 39.8 Å². The van der Waals surface area contributed by atoms with Crippen LogP contribution in [0.5, 0.6) is 0 Å². The van der Waals surface area contributed by atoms with E-state index in [-0.39, 0.29) is 0 Å². The van der Waals surface area contributed by atoms with Gasteiger partial charge in [-0.1, -0.05) is 55.1 Å². The van der Waals surface area contributed by atoms with Crippen molar-refractivity contribution in [3.05, 3.63) is 29.3 Å². The lowest BCUT2D eigenvalue weighted by Crippen LogP contribution is -2.37. The molecule has 0 aliphatic rings. The van der Waals surface area contributed by atoms with Crippen molar-refractivity contribution in [2.45, 2.75) is 49.4 Å². The monoisotopic (exact) mass is 418 g/mol. The van der Waals surface area contributed by atoms with Gasteiger partial charge in [-0.05, 0) is 30.9 Å². The number of carbonyl (C=O) groups is 1. The van der Waals surface area contributed by atoms with Gasteiger partial charge in [0.2, 0.25) is 11.0 Å². The quantitative estimate of drug-likeness (QED) is 0.615. The lowest BCUT2D eigenvalue weighted by Gasteiger charge is -2.13. The maximum absolute atomic E-state index is 12.2. The number of halogens is 3. The Bertz CT molecular complexity index is 758. The number of nitrogens with zero attached hydrogens (tertiary/aromatic N) is 2. The van der Waals surface area contributed by atoms with Crippen molar-refractivity contribution in [1.29, 1.82) is 0 Å². The van der Waals surface area contributed by atoms with E-state index in [1.165, 1.54) is 29.4 Å². The molecule has 0 aliphatic heterocycles. The summed E-state index contributed by atoms with van der Waals surface area (Å²) in [6.07, 6.45) is -2.69. The molecule has 0 saturated carbocycles. The summed E-state index contributed by atoms with van der Waals surface area (Å²) >= 11 is 2.34. The number of aromatic nitrogens is 2. The van der Waals surface area contributed by atoms with Crippen LogP contribution in [0.2, 0.25) is 0 Å². The number of alkyl halides is 3. The van der Waals surface area contributed by atoms with Crippen LogP contribution >= 0.6 is 23.1 Å². The zero-order chi connectivity index (χ0) is 20.0. The predicted octanol–water partition coefficient (Wildman–Crippen LogP) is 4.57. The number of hydrogen-bond acceptors (Lipinski definition) is 6. The first-order valence-corrected chi connectivity index (χ1v) is 10.2. The minimum atomic E-state index is -4.43. The third-order valence-electron chi connectivity index (χ3n) is 3.75. The molecule has 27 heavy (non-hydrogen) atoms. The molecule has 0 saturated heterocycles. The molecule has 0 fully saturated rings. The van der Waals surface area contributed by atoms with Crippen molar-refractivity contribution in [1.82, 2.24) is 15.5 Å². The molecule has 0 radical (unpaired) electrons. The summed E-state index contributed by atoms with van der Waals surface area (Å²) in [6, 6.07) is 6.11. The number of para-hydroxylation sites is 1. The smallest absolute Gasteiger partial charge is 0.346 e. The lowest BCUT2D eigenvalue weighted by atomic mass is 10.0. The van der Waals surface area contributed by atoms with Crippen LogP contribution < -0.4 is 10.6 Å². The summed E-state index contributed by atoms with van der Waals surface area (Å²) in [4.78, 5) is 11.8. The van der Waals surface area contributed by atoms with Crippen LogP contribution in [0.25, 0.3) is 0 Å². The second-order valence-electron chi connectivity index (χ2n) is 5.75. The van der Waals surface area contributed by atoms with Gasteiger partial charge in [-0.15, -0.1) is 10.2 Å². The van der Waals surface area contributed by atoms with Crippen LogP contribution in [0.3, 0.4) is 0 Å². The van der Waals surface area contributed by atoms with Crippen LogP contribution in [0.15, 0.2) is 22.5 Å². The fourth-order valence-corrected chi connectivity index (χ4v) is 4.28. The van der Waals surface area contributed by atoms with Gasteiger partial charge >= 0.3 is 6.18 Å². The molecule has 1 amide bonds. The molecule has 0 spiro atoms. The molecule has 1 aromatic heterocycles. The summed E-state index contributed by atoms with van der Waals surface area (Å²) in [5.74, 6) is -0.688. The Balaban J connectivity index is 2.02. The molecule has 1 aromatic carbocycles. The SMILES string of the molecule is CCc1cccc(CC)c1Nc1nnc(S[C@@H](C)C(=O)NCC(F)(F)F)s1. The third-order valence-corrected chi connectivity index (χ3v) is 5.77. The first-order chi connectivity index (χ1) is 12.7. The minimum Gasteiger partial charge on any atom is -0.346 e. The van der Waals surface area contributed by atoms with E-state index in [4.69, 9.17) is 0 Å². The van der Waals surface area contributed by atoms with Crippen LogP contribution in [-0.4, -0.2) is 34.1 Å². The van der Waals surface area contributed by atoms with E-state index in [9.17, 15) is 18.0 Å². The molecule has 0 unspecified atom stereocenters. The summed E-state index contributed by atoms with van der Waals surface area (Å²) in [5.41, 5.74) is 3.34. The maximum atomic E-state index is 12.2. The van der Waals surface area contributed by atoms with Crippen molar-refractivity contribution in [2.75, 3.05) is 11.9 Å². The van der Waals surface area contributed by atoms with Gasteiger partial charge in [0.25, 0.3) is 0 Å². The highest BCUT2D eigenvalue weighted by Crippen LogP contribution is 2.32. The number of benzene rings is 1. The highest BCUT2D eigenvalue weighted by Gasteiger charge is 2.29. The lowest BCUT2D eigenvalue weighted by molar-refractivity contribution is -0.137. The molecule has 10 heteroatoms. The van der Waals surface area contributed by atoms with Gasteiger partial charge in [0, 0.05) is 5.69 Å². The molecule has 2 rings (SSSR count). The molecule has 148 valence electrons. The third kappa shape index (κ3) is 6.39. The second kappa shape index (κ2) is 9.41. The van der Waals surface area contributed by atoms with Crippen LogP contribution in [-0.2, 0) is 17.6 Å². The predicted molar refractivity (Wildman–Crippen MR) is 103 cm³/mol. The maximum Gasteiger partial charge on any atom is 0.405 e. The van der Waals surface area contributed by atoms with Gasteiger partial charge in [-0.2, -0.15) is 13.2 Å².